The molecule has 5 heteroatoms. The van der Waals surface area contributed by atoms with Crippen molar-refractivity contribution in [1.29, 1.82) is 0 Å². The first kappa shape index (κ1) is 11.1. The summed E-state index contributed by atoms with van der Waals surface area (Å²) in [4.78, 5) is 22.0. The van der Waals surface area contributed by atoms with E-state index in [1.807, 2.05) is 0 Å². The number of carbonyl (C=O) groups is 1. The molecule has 0 amide bonds. The van der Waals surface area contributed by atoms with E-state index in [1.54, 1.807) is 18.2 Å². The van der Waals surface area contributed by atoms with Gasteiger partial charge in [0.05, 0.1) is 16.7 Å². The predicted octanol–water partition coefficient (Wildman–Crippen LogP) is 2.61. The van der Waals surface area contributed by atoms with Gasteiger partial charge in [0.25, 0.3) is 5.69 Å². The Balaban J connectivity index is 2.25. The van der Waals surface area contributed by atoms with Crippen molar-refractivity contribution in [3.63, 3.8) is 0 Å². The Morgan fingerprint density at radius 1 is 1.29 bits per heavy atom. The van der Waals surface area contributed by atoms with E-state index in [1.165, 1.54) is 24.7 Å². The minimum absolute atomic E-state index is 0.00329. The number of hydrogen-bond donors (Lipinski definition) is 0. The summed E-state index contributed by atoms with van der Waals surface area (Å²) in [6.45, 7) is 0. The SMILES string of the molecule is O=C(Cc1ccccc1[N+](=O)[O-])c1ccoc1. The second-order valence-electron chi connectivity index (χ2n) is 3.50. The Bertz CT molecular complexity index is 545. The van der Waals surface area contributed by atoms with E-state index in [-0.39, 0.29) is 17.9 Å². The maximum Gasteiger partial charge on any atom is 0.273 e. The zero-order valence-electron chi connectivity index (χ0n) is 8.83. The molecule has 0 aliphatic rings. The van der Waals surface area contributed by atoms with Crippen molar-refractivity contribution in [2.75, 3.05) is 0 Å². The van der Waals surface area contributed by atoms with Gasteiger partial charge in [0, 0.05) is 18.1 Å². The van der Waals surface area contributed by atoms with Crippen LogP contribution in [-0.4, -0.2) is 10.7 Å². The fraction of sp³-hybridized carbons (Fsp3) is 0.0833. The summed E-state index contributed by atoms with van der Waals surface area (Å²) >= 11 is 0. The van der Waals surface area contributed by atoms with Crippen LogP contribution in [0.15, 0.2) is 47.3 Å². The number of benzene rings is 1. The molecule has 0 bridgehead atoms. The molecule has 5 nitrogen and oxygen atoms in total. The van der Waals surface area contributed by atoms with Crippen LogP contribution in [0.25, 0.3) is 0 Å². The number of hydrogen-bond acceptors (Lipinski definition) is 4. The molecular formula is C12H9NO4. The van der Waals surface area contributed by atoms with Crippen LogP contribution in [0, 0.1) is 10.1 Å². The maximum atomic E-state index is 11.8. The third-order valence-electron chi connectivity index (χ3n) is 2.38. The lowest BCUT2D eigenvalue weighted by molar-refractivity contribution is -0.385. The van der Waals surface area contributed by atoms with Gasteiger partial charge in [-0.3, -0.25) is 14.9 Å². The van der Waals surface area contributed by atoms with Crippen LogP contribution in [0.4, 0.5) is 5.69 Å². The fourth-order valence-corrected chi connectivity index (χ4v) is 1.54. The number of rotatable bonds is 4. The molecule has 0 aliphatic carbocycles. The summed E-state index contributed by atoms with van der Waals surface area (Å²) in [6.07, 6.45) is 2.72. The Kier molecular flexibility index (Phi) is 3.00. The Morgan fingerprint density at radius 2 is 2.06 bits per heavy atom. The highest BCUT2D eigenvalue weighted by molar-refractivity contribution is 5.97. The first-order valence-electron chi connectivity index (χ1n) is 4.96. The molecule has 1 heterocycles. The van der Waals surface area contributed by atoms with Gasteiger partial charge in [0.2, 0.25) is 0 Å². The Labute approximate surface area is 96.8 Å². The van der Waals surface area contributed by atoms with E-state index in [4.69, 9.17) is 4.42 Å². The Hall–Kier alpha value is -2.43. The minimum Gasteiger partial charge on any atom is -0.472 e. The van der Waals surface area contributed by atoms with Gasteiger partial charge in [0.15, 0.2) is 5.78 Å². The molecule has 0 saturated carbocycles. The lowest BCUT2D eigenvalue weighted by Crippen LogP contribution is -2.04. The van der Waals surface area contributed by atoms with E-state index in [9.17, 15) is 14.9 Å². The van der Waals surface area contributed by atoms with Crippen LogP contribution in [0.2, 0.25) is 0 Å². The average Bonchev–Trinajstić information content (AvgIpc) is 2.83. The molecule has 0 radical (unpaired) electrons. The van der Waals surface area contributed by atoms with Crippen LogP contribution in [0.3, 0.4) is 0 Å². The summed E-state index contributed by atoms with van der Waals surface area (Å²) in [5, 5.41) is 10.8. The number of furan rings is 1. The maximum absolute atomic E-state index is 11.8. The highest BCUT2D eigenvalue weighted by Gasteiger charge is 2.16. The van der Waals surface area contributed by atoms with Crippen LogP contribution in [0.1, 0.15) is 15.9 Å². The third kappa shape index (κ3) is 2.39. The molecule has 0 aliphatic heterocycles. The second-order valence-corrected chi connectivity index (χ2v) is 3.50. The van der Waals surface area contributed by atoms with Gasteiger partial charge in [0.1, 0.15) is 6.26 Å². The molecule has 1 aromatic heterocycles. The summed E-state index contributed by atoms with van der Waals surface area (Å²) < 4.78 is 4.80. The van der Waals surface area contributed by atoms with Gasteiger partial charge in [-0.25, -0.2) is 0 Å². The molecule has 0 saturated heterocycles. The molecular weight excluding hydrogens is 222 g/mol. The monoisotopic (exact) mass is 231 g/mol. The van der Waals surface area contributed by atoms with Gasteiger partial charge in [-0.1, -0.05) is 18.2 Å². The molecule has 86 valence electrons. The number of Topliss-reactive ketones (excluding diaryl/α,β-unsaturated/α-hetero) is 1. The first-order valence-corrected chi connectivity index (χ1v) is 4.96. The van der Waals surface area contributed by atoms with E-state index in [2.05, 4.69) is 0 Å². The van der Waals surface area contributed by atoms with Gasteiger partial charge >= 0.3 is 0 Å². The van der Waals surface area contributed by atoms with Crippen molar-refractivity contribution >= 4 is 11.5 Å². The van der Waals surface area contributed by atoms with Crippen molar-refractivity contribution in [2.24, 2.45) is 0 Å². The van der Waals surface area contributed by atoms with Gasteiger partial charge in [-0.2, -0.15) is 0 Å². The van der Waals surface area contributed by atoms with E-state index in [0.717, 1.165) is 0 Å². The van der Waals surface area contributed by atoms with E-state index >= 15 is 0 Å². The number of nitrogens with zero attached hydrogens (tertiary/aromatic N) is 1. The standard InChI is InChI=1S/C12H9NO4/c14-12(10-5-6-17-8-10)7-9-3-1-2-4-11(9)13(15)16/h1-6,8H,7H2. The van der Waals surface area contributed by atoms with Crippen molar-refractivity contribution in [3.05, 3.63) is 64.1 Å². The van der Waals surface area contributed by atoms with Crippen molar-refractivity contribution in [2.45, 2.75) is 6.42 Å². The summed E-state index contributed by atoms with van der Waals surface area (Å²) in [5.41, 5.74) is 0.788. The lowest BCUT2D eigenvalue weighted by Gasteiger charge is -2.00. The number of nitro benzene ring substituents is 1. The summed E-state index contributed by atoms with van der Waals surface area (Å²) in [6, 6.07) is 7.75. The second kappa shape index (κ2) is 4.61. The highest BCUT2D eigenvalue weighted by atomic mass is 16.6. The average molecular weight is 231 g/mol. The molecule has 17 heavy (non-hydrogen) atoms. The summed E-state index contributed by atoms with van der Waals surface area (Å²) in [5.74, 6) is -0.201. The zero-order chi connectivity index (χ0) is 12.3. The zero-order valence-corrected chi connectivity index (χ0v) is 8.83. The fourth-order valence-electron chi connectivity index (χ4n) is 1.54. The topological polar surface area (TPSA) is 73.3 Å². The number of nitro groups is 1. The largest absolute Gasteiger partial charge is 0.472 e. The molecule has 0 fully saturated rings. The smallest absolute Gasteiger partial charge is 0.273 e. The van der Waals surface area contributed by atoms with Crippen LogP contribution >= 0.6 is 0 Å². The predicted molar refractivity (Wildman–Crippen MR) is 59.8 cm³/mol. The van der Waals surface area contributed by atoms with Crippen LogP contribution in [0.5, 0.6) is 0 Å². The summed E-state index contributed by atoms with van der Waals surface area (Å²) in [7, 11) is 0. The molecule has 2 rings (SSSR count). The third-order valence-corrected chi connectivity index (χ3v) is 2.38. The lowest BCUT2D eigenvalue weighted by atomic mass is 10.0. The Morgan fingerprint density at radius 3 is 2.71 bits per heavy atom. The molecule has 0 N–H and O–H groups in total. The van der Waals surface area contributed by atoms with Gasteiger partial charge in [-0.05, 0) is 6.07 Å². The first-order chi connectivity index (χ1) is 8.18. The highest BCUT2D eigenvalue weighted by Crippen LogP contribution is 2.19. The van der Waals surface area contributed by atoms with Crippen LogP contribution in [-0.2, 0) is 6.42 Å². The minimum atomic E-state index is -0.488. The normalized spacial score (nSPS) is 10.1. The van der Waals surface area contributed by atoms with Crippen LogP contribution < -0.4 is 0 Å². The molecule has 0 spiro atoms. The molecule has 2 aromatic rings. The van der Waals surface area contributed by atoms with E-state index in [0.29, 0.717) is 11.1 Å². The molecule has 1 aromatic carbocycles. The van der Waals surface area contributed by atoms with Gasteiger partial charge in [-0.15, -0.1) is 0 Å². The van der Waals surface area contributed by atoms with Crippen molar-refractivity contribution < 1.29 is 14.1 Å². The molecule has 0 unspecified atom stereocenters. The van der Waals surface area contributed by atoms with Gasteiger partial charge < -0.3 is 4.42 Å². The van der Waals surface area contributed by atoms with Crippen molar-refractivity contribution in [3.8, 4) is 0 Å². The molecule has 0 atom stereocenters. The number of para-hydroxylation sites is 1. The van der Waals surface area contributed by atoms with E-state index < -0.39 is 4.92 Å². The van der Waals surface area contributed by atoms with Crippen molar-refractivity contribution in [1.82, 2.24) is 0 Å². The number of ketones is 1. The number of carbonyl (C=O) groups excluding carboxylic acids is 1. The quantitative estimate of drug-likeness (QED) is 0.460.